The molecule has 132 valence electrons. The lowest BCUT2D eigenvalue weighted by Crippen LogP contribution is -2.44. The highest BCUT2D eigenvalue weighted by atomic mass is 35.5. The van der Waals surface area contributed by atoms with Crippen molar-refractivity contribution in [2.24, 2.45) is 5.92 Å². The summed E-state index contributed by atoms with van der Waals surface area (Å²) in [6.07, 6.45) is 2.03. The molecule has 1 atom stereocenters. The van der Waals surface area contributed by atoms with Crippen LogP contribution in [0.5, 0.6) is 5.75 Å². The topological polar surface area (TPSA) is 48.0 Å². The molecule has 1 aromatic rings. The highest BCUT2D eigenvalue weighted by molar-refractivity contribution is 6.32. The summed E-state index contributed by atoms with van der Waals surface area (Å²) in [7, 11) is 0. The van der Waals surface area contributed by atoms with Gasteiger partial charge in [0.2, 0.25) is 5.91 Å². The van der Waals surface area contributed by atoms with Crippen molar-refractivity contribution in [3.8, 4) is 5.75 Å². The molecule has 0 saturated carbocycles. The van der Waals surface area contributed by atoms with E-state index >= 15 is 0 Å². The van der Waals surface area contributed by atoms with Crippen molar-refractivity contribution in [3.05, 3.63) is 29.0 Å². The molecule has 7 heteroatoms. The van der Waals surface area contributed by atoms with Gasteiger partial charge in [0.15, 0.2) is 6.29 Å². The van der Waals surface area contributed by atoms with Crippen molar-refractivity contribution in [2.45, 2.75) is 25.6 Å². The van der Waals surface area contributed by atoms with Gasteiger partial charge in [0, 0.05) is 19.0 Å². The lowest BCUT2D eigenvalue weighted by molar-refractivity contribution is -0.139. The van der Waals surface area contributed by atoms with Gasteiger partial charge in [0.25, 0.3) is 0 Å². The molecule has 0 aromatic heterocycles. The number of nitrogens with zero attached hydrogens (tertiary/aromatic N) is 1. The number of amides is 1. The predicted octanol–water partition coefficient (Wildman–Crippen LogP) is 2.86. The molecule has 0 bridgehead atoms. The van der Waals surface area contributed by atoms with E-state index in [9.17, 15) is 9.18 Å². The molecule has 3 rings (SSSR count). The van der Waals surface area contributed by atoms with E-state index in [0.717, 1.165) is 19.4 Å². The summed E-state index contributed by atoms with van der Waals surface area (Å²) < 4.78 is 29.6. The Morgan fingerprint density at radius 2 is 2.17 bits per heavy atom. The van der Waals surface area contributed by atoms with Gasteiger partial charge in [-0.1, -0.05) is 11.6 Å². The van der Waals surface area contributed by atoms with Crippen molar-refractivity contribution in [1.29, 1.82) is 0 Å². The number of carbonyl (C=O) groups excluding carboxylic acids is 1. The van der Waals surface area contributed by atoms with Crippen LogP contribution in [0.15, 0.2) is 18.2 Å². The van der Waals surface area contributed by atoms with E-state index in [0.29, 0.717) is 25.5 Å². The number of rotatable bonds is 5. The molecule has 0 aliphatic carbocycles. The maximum Gasteiger partial charge on any atom is 0.226 e. The molecule has 0 radical (unpaired) electrons. The molecule has 2 saturated heterocycles. The molecule has 2 heterocycles. The van der Waals surface area contributed by atoms with Gasteiger partial charge in [-0.2, -0.15) is 0 Å². The number of hydrogen-bond donors (Lipinski definition) is 0. The van der Waals surface area contributed by atoms with Gasteiger partial charge in [-0.25, -0.2) is 4.39 Å². The van der Waals surface area contributed by atoms with Crippen molar-refractivity contribution >= 4 is 17.5 Å². The first-order valence-electron chi connectivity index (χ1n) is 8.22. The Morgan fingerprint density at radius 3 is 2.92 bits per heavy atom. The molecule has 24 heavy (non-hydrogen) atoms. The third-order valence-electron chi connectivity index (χ3n) is 4.31. The molecular formula is C17H21ClFNO4. The highest BCUT2D eigenvalue weighted by Crippen LogP contribution is 2.26. The lowest BCUT2D eigenvalue weighted by atomic mass is 9.97. The van der Waals surface area contributed by atoms with Crippen LogP contribution in [0.1, 0.15) is 19.3 Å². The van der Waals surface area contributed by atoms with Gasteiger partial charge < -0.3 is 19.1 Å². The normalized spacial score (nSPS) is 21.9. The summed E-state index contributed by atoms with van der Waals surface area (Å²) in [5.74, 6) is 0.239. The SMILES string of the molecule is O=C(CCOc1ccc(F)cc1Cl)N1CCCC(C2OCCO2)C1. The third-order valence-corrected chi connectivity index (χ3v) is 4.61. The van der Waals surface area contributed by atoms with E-state index < -0.39 is 5.82 Å². The number of benzene rings is 1. The number of likely N-dealkylation sites (tertiary alicyclic amines) is 1. The summed E-state index contributed by atoms with van der Waals surface area (Å²) in [5, 5.41) is 0.205. The Bertz CT molecular complexity index is 580. The smallest absolute Gasteiger partial charge is 0.226 e. The minimum atomic E-state index is -0.417. The minimum absolute atomic E-state index is 0.0379. The number of hydrogen-bond acceptors (Lipinski definition) is 4. The Balaban J connectivity index is 1.45. The number of ether oxygens (including phenoxy) is 3. The summed E-state index contributed by atoms with van der Waals surface area (Å²) in [6, 6.07) is 3.93. The average Bonchev–Trinajstić information content (AvgIpc) is 3.11. The van der Waals surface area contributed by atoms with E-state index in [2.05, 4.69) is 0 Å². The van der Waals surface area contributed by atoms with Gasteiger partial charge in [-0.15, -0.1) is 0 Å². The second kappa shape index (κ2) is 8.14. The zero-order valence-electron chi connectivity index (χ0n) is 13.4. The largest absolute Gasteiger partial charge is 0.491 e. The minimum Gasteiger partial charge on any atom is -0.491 e. The van der Waals surface area contributed by atoms with E-state index in [4.69, 9.17) is 25.8 Å². The molecule has 2 aliphatic heterocycles. The molecule has 1 aromatic carbocycles. The van der Waals surface area contributed by atoms with Gasteiger partial charge in [-0.05, 0) is 31.0 Å². The van der Waals surface area contributed by atoms with Gasteiger partial charge in [-0.3, -0.25) is 4.79 Å². The van der Waals surface area contributed by atoms with Crippen molar-refractivity contribution in [1.82, 2.24) is 4.90 Å². The molecule has 0 N–H and O–H groups in total. The van der Waals surface area contributed by atoms with Crippen molar-refractivity contribution < 1.29 is 23.4 Å². The first-order valence-corrected chi connectivity index (χ1v) is 8.60. The molecule has 1 unspecified atom stereocenters. The fourth-order valence-electron chi connectivity index (χ4n) is 3.11. The van der Waals surface area contributed by atoms with E-state index in [-0.39, 0.29) is 36.2 Å². The van der Waals surface area contributed by atoms with Crippen molar-refractivity contribution in [2.75, 3.05) is 32.9 Å². The standard InChI is InChI=1S/C17H21ClFNO4/c18-14-10-13(19)3-4-15(14)22-7-5-16(21)20-6-1-2-12(11-20)17-23-8-9-24-17/h3-4,10,12,17H,1-2,5-9,11H2. The fourth-order valence-corrected chi connectivity index (χ4v) is 3.33. The first kappa shape index (κ1) is 17.5. The zero-order valence-corrected chi connectivity index (χ0v) is 14.1. The lowest BCUT2D eigenvalue weighted by Gasteiger charge is -2.34. The summed E-state index contributed by atoms with van der Waals surface area (Å²) in [4.78, 5) is 14.2. The van der Waals surface area contributed by atoms with Gasteiger partial charge >= 0.3 is 0 Å². The average molecular weight is 358 g/mol. The monoisotopic (exact) mass is 357 g/mol. The van der Waals surface area contributed by atoms with E-state index in [1.807, 2.05) is 4.90 Å². The number of halogens is 2. The van der Waals surface area contributed by atoms with E-state index in [1.54, 1.807) is 0 Å². The maximum atomic E-state index is 13.0. The summed E-state index contributed by atoms with van der Waals surface area (Å²) in [6.45, 7) is 2.87. The van der Waals surface area contributed by atoms with Crippen LogP contribution < -0.4 is 4.74 Å². The molecule has 0 spiro atoms. The highest BCUT2D eigenvalue weighted by Gasteiger charge is 2.32. The molecule has 5 nitrogen and oxygen atoms in total. The second-order valence-corrected chi connectivity index (χ2v) is 6.43. The fraction of sp³-hybridized carbons (Fsp3) is 0.588. The van der Waals surface area contributed by atoms with Gasteiger partial charge in [0.1, 0.15) is 11.6 Å². The van der Waals surface area contributed by atoms with Crippen LogP contribution in [0.2, 0.25) is 5.02 Å². The van der Waals surface area contributed by atoms with Crippen LogP contribution in [0.4, 0.5) is 4.39 Å². The molecule has 2 aliphatic rings. The summed E-state index contributed by atoms with van der Waals surface area (Å²) in [5.41, 5.74) is 0. The van der Waals surface area contributed by atoms with E-state index in [1.165, 1.54) is 18.2 Å². The zero-order chi connectivity index (χ0) is 16.9. The Hall–Kier alpha value is -1.37. The number of piperidine rings is 1. The summed E-state index contributed by atoms with van der Waals surface area (Å²) >= 11 is 5.90. The quantitative estimate of drug-likeness (QED) is 0.813. The van der Waals surface area contributed by atoms with Crippen LogP contribution in [0.25, 0.3) is 0 Å². The van der Waals surface area contributed by atoms with Crippen LogP contribution in [0, 0.1) is 11.7 Å². The third kappa shape index (κ3) is 4.37. The maximum absolute atomic E-state index is 13.0. The Labute approximate surface area is 145 Å². The predicted molar refractivity (Wildman–Crippen MR) is 86.5 cm³/mol. The number of carbonyl (C=O) groups is 1. The molecule has 2 fully saturated rings. The molecular weight excluding hydrogens is 337 g/mol. The van der Waals surface area contributed by atoms with Crippen molar-refractivity contribution in [3.63, 3.8) is 0 Å². The Kier molecular flexibility index (Phi) is 5.92. The van der Waals surface area contributed by atoms with Gasteiger partial charge in [0.05, 0.1) is 31.3 Å². The molecule has 1 amide bonds. The van der Waals surface area contributed by atoms with Crippen LogP contribution >= 0.6 is 11.6 Å². The Morgan fingerprint density at radius 1 is 1.38 bits per heavy atom. The van der Waals surface area contributed by atoms with Crippen LogP contribution in [-0.2, 0) is 14.3 Å². The second-order valence-electron chi connectivity index (χ2n) is 6.03. The van der Waals surface area contributed by atoms with Crippen LogP contribution in [0.3, 0.4) is 0 Å². The first-order chi connectivity index (χ1) is 11.6. The van der Waals surface area contributed by atoms with Crippen LogP contribution in [-0.4, -0.2) is 50.0 Å².